The molecule has 6 nitrogen and oxygen atoms in total. The van der Waals surface area contributed by atoms with E-state index in [2.05, 4.69) is 10.3 Å². The Morgan fingerprint density at radius 1 is 1.44 bits per heavy atom. The van der Waals surface area contributed by atoms with Crippen molar-refractivity contribution in [2.75, 3.05) is 25.0 Å². The van der Waals surface area contributed by atoms with Gasteiger partial charge in [0.2, 0.25) is 5.91 Å². The minimum atomic E-state index is -0.130. The van der Waals surface area contributed by atoms with Crippen LogP contribution < -0.4 is 10.9 Å². The van der Waals surface area contributed by atoms with Crippen molar-refractivity contribution in [2.24, 2.45) is 7.05 Å². The van der Waals surface area contributed by atoms with E-state index in [9.17, 15) is 9.59 Å². The summed E-state index contributed by atoms with van der Waals surface area (Å²) in [6.07, 6.45) is 5.68. The molecule has 2 rings (SSSR count). The molecule has 2 heterocycles. The quantitative estimate of drug-likeness (QED) is 0.758. The van der Waals surface area contributed by atoms with E-state index in [4.69, 9.17) is 0 Å². The first-order valence-corrected chi connectivity index (χ1v) is 6.22. The average Bonchev–Trinajstić information content (AvgIpc) is 2.76. The molecule has 0 radical (unpaired) electrons. The fraction of sp³-hybridized carbons (Fsp3) is 0.583. The first kappa shape index (κ1) is 12.6. The van der Waals surface area contributed by atoms with E-state index in [-0.39, 0.29) is 11.5 Å². The van der Waals surface area contributed by atoms with Crippen molar-refractivity contribution in [3.8, 4) is 0 Å². The molecule has 1 aromatic heterocycles. The van der Waals surface area contributed by atoms with Crippen LogP contribution in [-0.4, -0.2) is 40.0 Å². The van der Waals surface area contributed by atoms with Crippen LogP contribution in [0.25, 0.3) is 0 Å². The van der Waals surface area contributed by atoms with Gasteiger partial charge in [-0.1, -0.05) is 0 Å². The number of carbonyl (C=O) groups is 1. The van der Waals surface area contributed by atoms with E-state index in [1.54, 1.807) is 19.4 Å². The number of hydrogen-bond donors (Lipinski definition) is 1. The zero-order valence-corrected chi connectivity index (χ0v) is 10.6. The third-order valence-corrected chi connectivity index (χ3v) is 3.09. The van der Waals surface area contributed by atoms with Gasteiger partial charge in [0.1, 0.15) is 0 Å². The summed E-state index contributed by atoms with van der Waals surface area (Å²) < 4.78 is 1.49. The second-order valence-corrected chi connectivity index (χ2v) is 4.46. The third kappa shape index (κ3) is 2.88. The molecule has 1 aromatic rings. The molecule has 1 saturated heterocycles. The van der Waals surface area contributed by atoms with E-state index in [0.29, 0.717) is 18.8 Å². The van der Waals surface area contributed by atoms with Gasteiger partial charge in [-0.2, -0.15) is 0 Å². The standard InChI is InChI=1S/C12H18N4O2/c1-15-9-6-14-11(12(15)18)13-5-3-8-16-7-2-4-10(16)17/h6,9H,2-5,7-8H2,1H3,(H,13,14). The predicted molar refractivity (Wildman–Crippen MR) is 68.4 cm³/mol. The second kappa shape index (κ2) is 5.66. The Labute approximate surface area is 106 Å². The predicted octanol–water partition coefficient (Wildman–Crippen LogP) is 0.205. The van der Waals surface area contributed by atoms with Gasteiger partial charge in [0.25, 0.3) is 5.56 Å². The summed E-state index contributed by atoms with van der Waals surface area (Å²) in [5.74, 6) is 0.608. The minimum absolute atomic E-state index is 0.130. The molecule has 0 aromatic carbocycles. The Kier molecular flexibility index (Phi) is 3.96. The van der Waals surface area contributed by atoms with Crippen LogP contribution >= 0.6 is 0 Å². The van der Waals surface area contributed by atoms with Gasteiger partial charge in [0.15, 0.2) is 5.82 Å². The number of anilines is 1. The highest BCUT2D eigenvalue weighted by Gasteiger charge is 2.18. The van der Waals surface area contributed by atoms with Crippen molar-refractivity contribution in [3.05, 3.63) is 22.7 Å². The maximum atomic E-state index is 11.6. The second-order valence-electron chi connectivity index (χ2n) is 4.46. The van der Waals surface area contributed by atoms with Gasteiger partial charge >= 0.3 is 0 Å². The summed E-state index contributed by atoms with van der Waals surface area (Å²) in [7, 11) is 1.69. The molecule has 0 bridgehead atoms. The first-order valence-electron chi connectivity index (χ1n) is 6.22. The van der Waals surface area contributed by atoms with Gasteiger partial charge in [-0.25, -0.2) is 4.98 Å². The Morgan fingerprint density at radius 3 is 3.00 bits per heavy atom. The van der Waals surface area contributed by atoms with Crippen molar-refractivity contribution in [1.29, 1.82) is 0 Å². The molecule has 0 aliphatic carbocycles. The number of aryl methyl sites for hydroxylation is 1. The van der Waals surface area contributed by atoms with Crippen LogP contribution in [0.3, 0.4) is 0 Å². The summed E-state index contributed by atoms with van der Waals surface area (Å²) in [5.41, 5.74) is -0.130. The molecular formula is C12H18N4O2. The zero-order valence-electron chi connectivity index (χ0n) is 10.6. The fourth-order valence-electron chi connectivity index (χ4n) is 2.04. The van der Waals surface area contributed by atoms with Gasteiger partial charge in [0, 0.05) is 45.5 Å². The van der Waals surface area contributed by atoms with Gasteiger partial charge in [-0.15, -0.1) is 0 Å². The summed E-state index contributed by atoms with van der Waals surface area (Å²) in [4.78, 5) is 28.9. The summed E-state index contributed by atoms with van der Waals surface area (Å²) in [6.45, 7) is 2.26. The van der Waals surface area contributed by atoms with Crippen molar-refractivity contribution >= 4 is 11.7 Å². The summed E-state index contributed by atoms with van der Waals surface area (Å²) >= 11 is 0. The van der Waals surface area contributed by atoms with Crippen molar-refractivity contribution in [1.82, 2.24) is 14.5 Å². The van der Waals surface area contributed by atoms with E-state index in [1.807, 2.05) is 4.90 Å². The number of likely N-dealkylation sites (tertiary alicyclic amines) is 1. The van der Waals surface area contributed by atoms with Crippen molar-refractivity contribution < 1.29 is 4.79 Å². The van der Waals surface area contributed by atoms with Crippen molar-refractivity contribution in [3.63, 3.8) is 0 Å². The number of nitrogens with one attached hydrogen (secondary N) is 1. The van der Waals surface area contributed by atoms with Gasteiger partial charge in [-0.05, 0) is 12.8 Å². The smallest absolute Gasteiger partial charge is 0.293 e. The molecule has 0 unspecified atom stereocenters. The lowest BCUT2D eigenvalue weighted by Gasteiger charge is -2.15. The third-order valence-electron chi connectivity index (χ3n) is 3.09. The maximum Gasteiger partial charge on any atom is 0.293 e. The number of nitrogens with zero attached hydrogens (tertiary/aromatic N) is 3. The van der Waals surface area contributed by atoms with Crippen LogP contribution in [0.2, 0.25) is 0 Å². The molecule has 0 atom stereocenters. The number of hydrogen-bond acceptors (Lipinski definition) is 4. The topological polar surface area (TPSA) is 67.2 Å². The zero-order chi connectivity index (χ0) is 13.0. The molecular weight excluding hydrogens is 232 g/mol. The summed E-state index contributed by atoms with van der Waals surface area (Å²) in [5, 5.41) is 3.01. The lowest BCUT2D eigenvalue weighted by atomic mass is 10.4. The monoisotopic (exact) mass is 250 g/mol. The molecule has 1 N–H and O–H groups in total. The lowest BCUT2D eigenvalue weighted by Crippen LogP contribution is -2.28. The highest BCUT2D eigenvalue weighted by atomic mass is 16.2. The van der Waals surface area contributed by atoms with Gasteiger partial charge in [0.05, 0.1) is 0 Å². The molecule has 1 fully saturated rings. The molecule has 6 heteroatoms. The Morgan fingerprint density at radius 2 is 2.28 bits per heavy atom. The van der Waals surface area contributed by atoms with Crippen LogP contribution in [0.5, 0.6) is 0 Å². The van der Waals surface area contributed by atoms with E-state index < -0.39 is 0 Å². The molecule has 18 heavy (non-hydrogen) atoms. The average molecular weight is 250 g/mol. The fourth-order valence-corrected chi connectivity index (χ4v) is 2.04. The molecule has 98 valence electrons. The van der Waals surface area contributed by atoms with Gasteiger partial charge in [-0.3, -0.25) is 9.59 Å². The molecule has 1 aliphatic rings. The number of carbonyl (C=O) groups excluding carboxylic acids is 1. The number of amides is 1. The Bertz CT molecular complexity index is 483. The molecule has 0 saturated carbocycles. The van der Waals surface area contributed by atoms with Crippen LogP contribution in [0.1, 0.15) is 19.3 Å². The van der Waals surface area contributed by atoms with Gasteiger partial charge < -0.3 is 14.8 Å². The normalized spacial score (nSPS) is 15.2. The Balaban J connectivity index is 1.77. The first-order chi connectivity index (χ1) is 8.68. The van der Waals surface area contributed by atoms with E-state index in [0.717, 1.165) is 25.9 Å². The maximum absolute atomic E-state index is 11.6. The Hall–Kier alpha value is -1.85. The van der Waals surface area contributed by atoms with Crippen molar-refractivity contribution in [2.45, 2.75) is 19.3 Å². The SMILES string of the molecule is Cn1ccnc(NCCCN2CCCC2=O)c1=O. The molecule has 0 spiro atoms. The van der Waals surface area contributed by atoms with E-state index >= 15 is 0 Å². The van der Waals surface area contributed by atoms with Crippen LogP contribution in [0.4, 0.5) is 5.82 Å². The van der Waals surface area contributed by atoms with Crippen LogP contribution in [-0.2, 0) is 11.8 Å². The number of rotatable bonds is 5. The highest BCUT2D eigenvalue weighted by Crippen LogP contribution is 2.09. The molecule has 1 amide bonds. The van der Waals surface area contributed by atoms with E-state index in [1.165, 1.54) is 4.57 Å². The van der Waals surface area contributed by atoms with Crippen LogP contribution in [0, 0.1) is 0 Å². The highest BCUT2D eigenvalue weighted by molar-refractivity contribution is 5.77. The van der Waals surface area contributed by atoms with Crippen LogP contribution in [0.15, 0.2) is 17.2 Å². The minimum Gasteiger partial charge on any atom is -0.365 e. The lowest BCUT2D eigenvalue weighted by molar-refractivity contribution is -0.127. The largest absolute Gasteiger partial charge is 0.365 e. The summed E-state index contributed by atoms with van der Waals surface area (Å²) in [6, 6.07) is 0. The number of aromatic nitrogens is 2. The molecule has 1 aliphatic heterocycles.